The van der Waals surface area contributed by atoms with Crippen LogP contribution in [0.25, 0.3) is 0 Å². The fraction of sp³-hybridized carbons (Fsp3) is 0.424. The number of ether oxygens (including phenoxy) is 1. The Kier molecular flexibility index (Phi) is 11.3. The number of methoxy groups -OCH3 is 1. The van der Waals surface area contributed by atoms with Crippen molar-refractivity contribution in [3.8, 4) is 5.75 Å². The molecule has 43 heavy (non-hydrogen) atoms. The summed E-state index contributed by atoms with van der Waals surface area (Å²) >= 11 is 1.79. The molecule has 1 amide bonds. The maximum Gasteiger partial charge on any atom is 0.230 e. The number of hydrogen-bond acceptors (Lipinski definition) is 7. The molecule has 3 aromatic rings. The lowest BCUT2D eigenvalue weighted by molar-refractivity contribution is -0.132. The number of anilines is 2. The van der Waals surface area contributed by atoms with Crippen molar-refractivity contribution in [3.05, 3.63) is 77.9 Å². The molecular formula is C33H45N7O2S. The Bertz CT molecular complexity index is 1440. The van der Waals surface area contributed by atoms with E-state index in [0.717, 1.165) is 53.6 Å². The lowest BCUT2D eigenvalue weighted by Gasteiger charge is -2.33. The average molecular weight is 604 g/mol. The quantitative estimate of drug-likeness (QED) is 0.136. The van der Waals surface area contributed by atoms with Gasteiger partial charge in [0.05, 0.1) is 18.5 Å². The van der Waals surface area contributed by atoms with Crippen LogP contribution in [0.5, 0.6) is 5.75 Å². The van der Waals surface area contributed by atoms with Crippen LogP contribution in [-0.4, -0.2) is 65.6 Å². The van der Waals surface area contributed by atoms with E-state index >= 15 is 0 Å². The molecule has 3 N–H and O–H groups in total. The van der Waals surface area contributed by atoms with Gasteiger partial charge in [0, 0.05) is 48.1 Å². The number of rotatable bonds is 11. The monoisotopic (exact) mass is 603 g/mol. The van der Waals surface area contributed by atoms with Gasteiger partial charge in [0.25, 0.3) is 0 Å². The maximum atomic E-state index is 12.5. The Hall–Kier alpha value is -3.76. The lowest BCUT2D eigenvalue weighted by atomic mass is 9.86. The number of carbonyl (C=O) groups is 1. The number of carbonyl (C=O) groups excluding carboxylic acids is 1. The van der Waals surface area contributed by atoms with Gasteiger partial charge in [-0.3, -0.25) is 4.79 Å². The molecule has 0 bridgehead atoms. The zero-order valence-corrected chi connectivity index (χ0v) is 27.1. The summed E-state index contributed by atoms with van der Waals surface area (Å²) < 4.78 is 7.59. The number of likely N-dealkylation sites (tertiary alicyclic amines) is 1. The van der Waals surface area contributed by atoms with E-state index in [1.54, 1.807) is 29.8 Å². The summed E-state index contributed by atoms with van der Waals surface area (Å²) in [4.78, 5) is 20.4. The highest BCUT2D eigenvalue weighted by molar-refractivity contribution is 8.00. The molecule has 2 aromatic carbocycles. The molecule has 4 rings (SSSR count). The summed E-state index contributed by atoms with van der Waals surface area (Å²) in [5.41, 5.74) is 5.12. The number of hydrogen-bond donors (Lipinski definition) is 3. The zero-order valence-electron chi connectivity index (χ0n) is 26.2. The van der Waals surface area contributed by atoms with Gasteiger partial charge >= 0.3 is 0 Å². The summed E-state index contributed by atoms with van der Waals surface area (Å²) in [5, 5.41) is 14.9. The van der Waals surface area contributed by atoms with Crippen molar-refractivity contribution in [2.75, 3.05) is 44.4 Å². The van der Waals surface area contributed by atoms with Crippen molar-refractivity contribution >= 4 is 35.0 Å². The summed E-state index contributed by atoms with van der Waals surface area (Å²) in [6, 6.07) is 14.4. The van der Waals surface area contributed by atoms with Crippen LogP contribution in [0.4, 0.5) is 11.4 Å². The summed E-state index contributed by atoms with van der Waals surface area (Å²) in [6.45, 7) is 15.0. The summed E-state index contributed by atoms with van der Waals surface area (Å²) in [7, 11) is 3.55. The second kappa shape index (κ2) is 15.1. The van der Waals surface area contributed by atoms with Gasteiger partial charge < -0.3 is 25.6 Å². The van der Waals surface area contributed by atoms with E-state index in [1.165, 1.54) is 11.1 Å². The number of piperidine rings is 1. The molecular weight excluding hydrogens is 558 g/mol. The third-order valence-corrected chi connectivity index (χ3v) is 8.59. The van der Waals surface area contributed by atoms with Crippen LogP contribution in [-0.2, 0) is 4.79 Å². The smallest absolute Gasteiger partial charge is 0.230 e. The number of aromatic nitrogens is 2. The largest absolute Gasteiger partial charge is 0.495 e. The first kappa shape index (κ1) is 32.2. The van der Waals surface area contributed by atoms with Crippen molar-refractivity contribution in [2.45, 2.75) is 63.0 Å². The van der Waals surface area contributed by atoms with Crippen molar-refractivity contribution in [1.82, 2.24) is 20.0 Å². The van der Waals surface area contributed by atoms with Crippen LogP contribution in [0, 0.1) is 13.8 Å². The van der Waals surface area contributed by atoms with Gasteiger partial charge in [-0.2, -0.15) is 10.1 Å². The number of nitrogens with zero attached hydrogens (tertiary/aromatic N) is 4. The Labute approximate surface area is 260 Å². The molecule has 10 heteroatoms. The molecule has 0 spiro atoms. The van der Waals surface area contributed by atoms with Crippen LogP contribution in [0.1, 0.15) is 55.8 Å². The number of aryl methyl sites for hydroxylation is 2. The van der Waals surface area contributed by atoms with Crippen LogP contribution in [0.3, 0.4) is 0 Å². The number of thioether (sulfide) groups is 1. The molecule has 230 valence electrons. The minimum Gasteiger partial charge on any atom is -0.495 e. The van der Waals surface area contributed by atoms with Crippen molar-refractivity contribution in [1.29, 1.82) is 0 Å². The van der Waals surface area contributed by atoms with Crippen LogP contribution >= 0.6 is 11.8 Å². The highest BCUT2D eigenvalue weighted by Gasteiger charge is 2.25. The highest BCUT2D eigenvalue weighted by atomic mass is 32.2. The van der Waals surface area contributed by atoms with E-state index in [0.29, 0.717) is 35.9 Å². The Balaban J connectivity index is 1.53. The van der Waals surface area contributed by atoms with E-state index in [-0.39, 0.29) is 5.91 Å². The third kappa shape index (κ3) is 8.42. The SMILES string of the molecule is C=C(/N=C(/Nc1ccccc1SC(C)C)n1nccc1C)Nc1cc(C)c(C2CCN(C(=O)CCNC)CC2)cc1OC. The molecule has 2 heterocycles. The highest BCUT2D eigenvalue weighted by Crippen LogP contribution is 2.37. The van der Waals surface area contributed by atoms with Crippen LogP contribution < -0.4 is 20.7 Å². The summed E-state index contributed by atoms with van der Waals surface area (Å²) in [5.74, 6) is 2.32. The first-order valence-corrected chi connectivity index (χ1v) is 15.8. The summed E-state index contributed by atoms with van der Waals surface area (Å²) in [6.07, 6.45) is 4.18. The molecule has 1 aliphatic heterocycles. The number of amides is 1. The maximum absolute atomic E-state index is 12.5. The lowest BCUT2D eigenvalue weighted by Crippen LogP contribution is -2.39. The second-order valence-electron chi connectivity index (χ2n) is 11.1. The number of aliphatic imine (C=N–C) groups is 1. The molecule has 1 fully saturated rings. The Morgan fingerprint density at radius 3 is 2.53 bits per heavy atom. The van der Waals surface area contributed by atoms with E-state index in [1.807, 2.05) is 43.1 Å². The van der Waals surface area contributed by atoms with E-state index < -0.39 is 0 Å². The molecule has 0 aliphatic carbocycles. The van der Waals surface area contributed by atoms with Gasteiger partial charge in [-0.25, -0.2) is 4.68 Å². The van der Waals surface area contributed by atoms with Crippen LogP contribution in [0.2, 0.25) is 0 Å². The average Bonchev–Trinajstić information content (AvgIpc) is 3.42. The van der Waals surface area contributed by atoms with Crippen molar-refractivity contribution in [2.24, 2.45) is 4.99 Å². The third-order valence-electron chi connectivity index (χ3n) is 7.51. The molecule has 0 radical (unpaired) electrons. The molecule has 1 aliphatic rings. The zero-order chi connectivity index (χ0) is 30.9. The van der Waals surface area contributed by atoms with Crippen molar-refractivity contribution < 1.29 is 9.53 Å². The Morgan fingerprint density at radius 2 is 1.88 bits per heavy atom. The van der Waals surface area contributed by atoms with E-state index in [9.17, 15) is 4.79 Å². The standard InChI is InChI=1S/C33H45N7O2S/c1-22(2)43-31-11-9-8-10-28(31)38-33(40-24(4)12-17-35-40)37-25(5)36-29-20-23(3)27(21-30(29)42-7)26-14-18-39(19-15-26)32(41)13-16-34-6/h8-12,17,20-22,26,34,36H,5,13-16,18-19H2,1-4,6-7H3,(H,37,38). The van der Waals surface area contributed by atoms with Crippen LogP contribution in [0.15, 0.2) is 70.9 Å². The van der Waals surface area contributed by atoms with Gasteiger partial charge in [-0.1, -0.05) is 32.6 Å². The second-order valence-corrected chi connectivity index (χ2v) is 12.7. The molecule has 0 atom stereocenters. The van der Waals surface area contributed by atoms with Gasteiger partial charge in [-0.05, 0) is 81.1 Å². The van der Waals surface area contributed by atoms with E-state index in [4.69, 9.17) is 9.73 Å². The van der Waals surface area contributed by atoms with Crippen molar-refractivity contribution in [3.63, 3.8) is 0 Å². The topological polar surface area (TPSA) is 95.8 Å². The number of nitrogens with one attached hydrogen (secondary N) is 3. The molecule has 1 saturated heterocycles. The minimum absolute atomic E-state index is 0.224. The molecule has 9 nitrogen and oxygen atoms in total. The van der Waals surface area contributed by atoms with Gasteiger partial charge in [-0.15, -0.1) is 11.8 Å². The first-order valence-electron chi connectivity index (χ1n) is 14.9. The minimum atomic E-state index is 0.224. The van der Waals surface area contributed by atoms with Gasteiger partial charge in [0.1, 0.15) is 11.6 Å². The molecule has 0 unspecified atom stereocenters. The molecule has 0 saturated carbocycles. The number of para-hydroxylation sites is 1. The van der Waals surface area contributed by atoms with Gasteiger partial charge in [0.2, 0.25) is 11.9 Å². The number of benzene rings is 2. The molecule has 1 aromatic heterocycles. The fourth-order valence-electron chi connectivity index (χ4n) is 5.32. The van der Waals surface area contributed by atoms with E-state index in [2.05, 4.69) is 66.6 Å². The van der Waals surface area contributed by atoms with Gasteiger partial charge in [0.15, 0.2) is 0 Å². The fourth-order valence-corrected chi connectivity index (χ4v) is 6.23. The Morgan fingerprint density at radius 1 is 1.14 bits per heavy atom. The predicted octanol–water partition coefficient (Wildman–Crippen LogP) is 6.22. The predicted molar refractivity (Wildman–Crippen MR) is 178 cm³/mol. The normalized spacial score (nSPS) is 14.2. The first-order chi connectivity index (χ1) is 20.7.